The molecule has 0 bridgehead atoms. The summed E-state index contributed by atoms with van der Waals surface area (Å²) in [5.74, 6) is 0. The number of rotatable bonds is 1. The van der Waals surface area contributed by atoms with Crippen LogP contribution < -0.4 is 0 Å². The van der Waals surface area contributed by atoms with Crippen molar-refractivity contribution in [3.8, 4) is 0 Å². The number of halogens is 1. The number of hydrogen-bond acceptors (Lipinski definition) is 0. The van der Waals surface area contributed by atoms with Gasteiger partial charge in [-0.05, 0) is 23.1 Å². The maximum Gasteiger partial charge on any atom is 0.115 e. The van der Waals surface area contributed by atoms with Gasteiger partial charge in [0.2, 0.25) is 0 Å². The zero-order valence-corrected chi connectivity index (χ0v) is 5.02. The minimum atomic E-state index is -0.326. The van der Waals surface area contributed by atoms with Crippen LogP contribution in [-0.2, 0) is 13.1 Å². The van der Waals surface area contributed by atoms with Gasteiger partial charge in [0.15, 0.2) is 0 Å². The van der Waals surface area contributed by atoms with Gasteiger partial charge in [0.25, 0.3) is 0 Å². The lowest BCUT2D eigenvalue weighted by Gasteiger charge is -1.86. The van der Waals surface area contributed by atoms with Crippen molar-refractivity contribution in [2.75, 3.05) is 0 Å². The molecule has 0 heterocycles. The van der Waals surface area contributed by atoms with Crippen LogP contribution in [0.25, 0.3) is 0 Å². The average molecular weight is 122 g/mol. The summed E-state index contributed by atoms with van der Waals surface area (Å²) in [7, 11) is 0. The molecule has 1 aliphatic rings. The summed E-state index contributed by atoms with van der Waals surface area (Å²) >= 11 is 0. The summed E-state index contributed by atoms with van der Waals surface area (Å²) in [6.45, 7) is -0.326. The molecule has 0 N–H and O–H groups in total. The predicted molar refractivity (Wildman–Crippen MR) is 34.1 cm³/mol. The van der Waals surface area contributed by atoms with E-state index in [0.29, 0.717) is 0 Å². The summed E-state index contributed by atoms with van der Waals surface area (Å²) in [6, 6.07) is 5.80. The van der Waals surface area contributed by atoms with Crippen molar-refractivity contribution >= 4 is 0 Å². The normalized spacial score (nSPS) is 13.0. The first kappa shape index (κ1) is 4.98. The molecule has 0 atom stereocenters. The van der Waals surface area contributed by atoms with Crippen LogP contribution in [0.15, 0.2) is 18.2 Å². The van der Waals surface area contributed by atoms with Crippen molar-refractivity contribution in [1.82, 2.24) is 0 Å². The van der Waals surface area contributed by atoms with E-state index in [4.69, 9.17) is 0 Å². The summed E-state index contributed by atoms with van der Waals surface area (Å²) < 4.78 is 11.9. The van der Waals surface area contributed by atoms with E-state index in [9.17, 15) is 4.39 Å². The second-order valence-corrected chi connectivity index (χ2v) is 2.41. The van der Waals surface area contributed by atoms with Gasteiger partial charge in [0.05, 0.1) is 0 Å². The minimum Gasteiger partial charge on any atom is -0.246 e. The molecule has 1 aromatic carbocycles. The number of hydrogen-bond donors (Lipinski definition) is 0. The smallest absolute Gasteiger partial charge is 0.115 e. The molecule has 0 saturated carbocycles. The Hall–Kier alpha value is -0.850. The first-order valence-corrected chi connectivity index (χ1v) is 3.07. The summed E-state index contributed by atoms with van der Waals surface area (Å²) in [4.78, 5) is 0. The van der Waals surface area contributed by atoms with Crippen LogP contribution in [0.4, 0.5) is 4.39 Å². The van der Waals surface area contributed by atoms with E-state index < -0.39 is 0 Å². The molecule has 0 aromatic heterocycles. The highest BCUT2D eigenvalue weighted by molar-refractivity contribution is 5.46. The molecule has 0 spiro atoms. The molecule has 0 nitrogen and oxygen atoms in total. The van der Waals surface area contributed by atoms with Crippen molar-refractivity contribution in [2.45, 2.75) is 13.1 Å². The van der Waals surface area contributed by atoms with E-state index in [2.05, 4.69) is 0 Å². The van der Waals surface area contributed by atoms with E-state index in [1.54, 1.807) is 0 Å². The monoisotopic (exact) mass is 122 g/mol. The largest absolute Gasteiger partial charge is 0.246 e. The molecule has 0 aliphatic heterocycles. The molecule has 2 rings (SSSR count). The lowest BCUT2D eigenvalue weighted by Crippen LogP contribution is -1.72. The second kappa shape index (κ2) is 1.56. The van der Waals surface area contributed by atoms with Crippen LogP contribution in [0, 0.1) is 0 Å². The van der Waals surface area contributed by atoms with Crippen molar-refractivity contribution in [2.24, 2.45) is 0 Å². The van der Waals surface area contributed by atoms with Crippen LogP contribution in [0.2, 0.25) is 0 Å². The van der Waals surface area contributed by atoms with Crippen molar-refractivity contribution in [3.05, 3.63) is 34.9 Å². The Bertz CT molecular complexity index is 240. The molecule has 0 fully saturated rings. The van der Waals surface area contributed by atoms with Crippen LogP contribution in [0.1, 0.15) is 16.7 Å². The van der Waals surface area contributed by atoms with Gasteiger partial charge in [0.1, 0.15) is 6.67 Å². The molecule has 9 heavy (non-hydrogen) atoms. The Kier molecular flexibility index (Phi) is 0.865. The van der Waals surface area contributed by atoms with Crippen LogP contribution >= 0.6 is 0 Å². The standard InChI is InChI=1S/C8H7F/c9-5-6-1-2-7-4-8(7)3-6/h1-3H,4-5H2. The average Bonchev–Trinajstić information content (AvgIpc) is 2.64. The topological polar surface area (TPSA) is 0 Å². The molecule has 0 amide bonds. The van der Waals surface area contributed by atoms with Crippen molar-refractivity contribution in [1.29, 1.82) is 0 Å². The van der Waals surface area contributed by atoms with E-state index >= 15 is 0 Å². The Morgan fingerprint density at radius 1 is 1.33 bits per heavy atom. The van der Waals surface area contributed by atoms with E-state index in [-0.39, 0.29) is 6.67 Å². The van der Waals surface area contributed by atoms with Crippen LogP contribution in [0.3, 0.4) is 0 Å². The Morgan fingerprint density at radius 2 is 2.22 bits per heavy atom. The van der Waals surface area contributed by atoms with Gasteiger partial charge >= 0.3 is 0 Å². The Labute approximate surface area is 53.3 Å². The lowest BCUT2D eigenvalue weighted by atomic mass is 10.2. The Balaban J connectivity index is 2.44. The predicted octanol–water partition coefficient (Wildman–Crippen LogP) is 2.06. The van der Waals surface area contributed by atoms with Gasteiger partial charge in [0, 0.05) is 0 Å². The van der Waals surface area contributed by atoms with Gasteiger partial charge in [-0.25, -0.2) is 4.39 Å². The SMILES string of the molecule is FCc1ccc2c(c1)C2. The van der Waals surface area contributed by atoms with Crippen molar-refractivity contribution in [3.63, 3.8) is 0 Å². The minimum absolute atomic E-state index is 0.326. The number of benzene rings is 1. The van der Waals surface area contributed by atoms with Gasteiger partial charge in [-0.1, -0.05) is 18.2 Å². The van der Waals surface area contributed by atoms with Crippen LogP contribution in [0.5, 0.6) is 0 Å². The Morgan fingerprint density at radius 3 is 2.89 bits per heavy atom. The zero-order chi connectivity index (χ0) is 6.27. The van der Waals surface area contributed by atoms with Gasteiger partial charge < -0.3 is 0 Å². The maximum atomic E-state index is 11.9. The van der Waals surface area contributed by atoms with Crippen LogP contribution in [-0.4, -0.2) is 0 Å². The molecule has 1 heteroatoms. The first-order chi connectivity index (χ1) is 4.40. The molecule has 0 unspecified atom stereocenters. The van der Waals surface area contributed by atoms with Crippen molar-refractivity contribution < 1.29 is 4.39 Å². The quantitative estimate of drug-likeness (QED) is 0.543. The van der Waals surface area contributed by atoms with E-state index in [1.165, 1.54) is 11.1 Å². The van der Waals surface area contributed by atoms with Gasteiger partial charge in [-0.15, -0.1) is 0 Å². The molecule has 1 aliphatic carbocycles. The highest BCUT2D eigenvalue weighted by Gasteiger charge is 2.15. The maximum absolute atomic E-state index is 11.9. The summed E-state index contributed by atoms with van der Waals surface area (Å²) in [6.07, 6.45) is 1.08. The third-order valence-corrected chi connectivity index (χ3v) is 1.68. The van der Waals surface area contributed by atoms with Gasteiger partial charge in [-0.2, -0.15) is 0 Å². The molecule has 0 saturated heterocycles. The summed E-state index contributed by atoms with van der Waals surface area (Å²) in [5.41, 5.74) is 3.52. The highest BCUT2D eigenvalue weighted by Crippen LogP contribution is 2.28. The molecular formula is C8H7F. The number of alkyl halides is 1. The fourth-order valence-electron chi connectivity index (χ4n) is 1.03. The molecule has 46 valence electrons. The third kappa shape index (κ3) is 0.727. The van der Waals surface area contributed by atoms with E-state index in [1.807, 2.05) is 18.2 Å². The molecular weight excluding hydrogens is 115 g/mol. The second-order valence-electron chi connectivity index (χ2n) is 2.41. The summed E-state index contributed by atoms with van der Waals surface area (Å²) in [5, 5.41) is 0. The fraction of sp³-hybridized carbons (Fsp3) is 0.250. The fourth-order valence-corrected chi connectivity index (χ4v) is 1.03. The third-order valence-electron chi connectivity index (χ3n) is 1.68. The number of fused-ring (bicyclic) bond motifs is 1. The lowest BCUT2D eigenvalue weighted by molar-refractivity contribution is 0.485. The van der Waals surface area contributed by atoms with E-state index in [0.717, 1.165) is 12.0 Å². The zero-order valence-electron chi connectivity index (χ0n) is 5.02. The molecule has 0 radical (unpaired) electrons. The first-order valence-electron chi connectivity index (χ1n) is 3.07. The molecule has 1 aromatic rings. The van der Waals surface area contributed by atoms with Gasteiger partial charge in [-0.3, -0.25) is 0 Å². The highest BCUT2D eigenvalue weighted by atomic mass is 19.1.